The number of pyridine rings is 1. The molecule has 2 N–H and O–H groups in total. The minimum absolute atomic E-state index is 0.0585. The van der Waals surface area contributed by atoms with Gasteiger partial charge in [-0.3, -0.25) is 14.6 Å². The summed E-state index contributed by atoms with van der Waals surface area (Å²) in [5, 5.41) is 2.29. The van der Waals surface area contributed by atoms with Gasteiger partial charge in [-0.05, 0) is 80.7 Å². The molecule has 0 spiro atoms. The molecule has 2 heterocycles. The molecule has 0 radical (unpaired) electrons. The van der Waals surface area contributed by atoms with Crippen molar-refractivity contribution in [2.75, 3.05) is 0 Å². The van der Waals surface area contributed by atoms with Gasteiger partial charge < -0.3 is 10.6 Å². The van der Waals surface area contributed by atoms with Crippen LogP contribution in [-0.2, 0) is 9.59 Å². The zero-order valence-corrected chi connectivity index (χ0v) is 17.7. The first-order valence-electron chi connectivity index (χ1n) is 11.3. The fraction of sp³-hybridized carbons (Fsp3) is 0.560. The maximum atomic E-state index is 13.5. The molecule has 7 rings (SSSR count). The normalized spacial score (nSPS) is 38.7. The zero-order chi connectivity index (χ0) is 20.8. The average Bonchev–Trinajstić information content (AvgIpc) is 2.71. The van der Waals surface area contributed by atoms with E-state index in [1.54, 1.807) is 0 Å². The van der Waals surface area contributed by atoms with Gasteiger partial charge in [0.1, 0.15) is 0 Å². The highest BCUT2D eigenvalue weighted by Gasteiger charge is 2.65. The number of β-lactam (4-membered cyclic amide) rings is 1. The Hall–Kier alpha value is -2.43. The molecule has 4 bridgehead atoms. The van der Waals surface area contributed by atoms with Gasteiger partial charge in [0.15, 0.2) is 0 Å². The van der Waals surface area contributed by atoms with Crippen LogP contribution in [0.15, 0.2) is 36.7 Å². The molecule has 5 aliphatic rings. The lowest BCUT2D eigenvalue weighted by molar-refractivity contribution is -0.198. The number of benzene rings is 1. The SMILES string of the molecule is CC1(C)C(=O)N(C2C3CC4C[C@H]2CC(C(N)=O)(C4)C3)C1c1cccc2cnccc12. The molecular formula is C25H29N3O2. The van der Waals surface area contributed by atoms with Crippen LogP contribution in [0.25, 0.3) is 10.8 Å². The van der Waals surface area contributed by atoms with Gasteiger partial charge >= 0.3 is 0 Å². The van der Waals surface area contributed by atoms with Crippen molar-refractivity contribution in [1.29, 1.82) is 0 Å². The summed E-state index contributed by atoms with van der Waals surface area (Å²) < 4.78 is 0. The van der Waals surface area contributed by atoms with Crippen LogP contribution in [0.3, 0.4) is 0 Å². The maximum Gasteiger partial charge on any atom is 0.231 e. The number of carbonyl (C=O) groups is 2. The van der Waals surface area contributed by atoms with Gasteiger partial charge in [-0.2, -0.15) is 0 Å². The van der Waals surface area contributed by atoms with Crippen molar-refractivity contribution in [2.45, 2.75) is 58.0 Å². The predicted molar refractivity (Wildman–Crippen MR) is 114 cm³/mol. The highest BCUT2D eigenvalue weighted by Crippen LogP contribution is 2.64. The van der Waals surface area contributed by atoms with Gasteiger partial charge in [0, 0.05) is 29.2 Å². The van der Waals surface area contributed by atoms with Gasteiger partial charge in [0.05, 0.1) is 11.5 Å². The number of fused-ring (bicyclic) bond motifs is 1. The van der Waals surface area contributed by atoms with Crippen LogP contribution in [0.2, 0.25) is 0 Å². The summed E-state index contributed by atoms with van der Waals surface area (Å²) in [6.07, 6.45) is 8.67. The van der Waals surface area contributed by atoms with Crippen LogP contribution < -0.4 is 5.73 Å². The monoisotopic (exact) mass is 403 g/mol. The van der Waals surface area contributed by atoms with Crippen molar-refractivity contribution in [2.24, 2.45) is 34.3 Å². The summed E-state index contributed by atoms with van der Waals surface area (Å²) in [6, 6.07) is 8.70. The maximum absolute atomic E-state index is 13.5. The molecular weight excluding hydrogens is 374 g/mol. The second-order valence-corrected chi connectivity index (χ2v) is 10.9. The first kappa shape index (κ1) is 18.3. The third kappa shape index (κ3) is 2.21. The smallest absolute Gasteiger partial charge is 0.231 e. The van der Waals surface area contributed by atoms with E-state index in [9.17, 15) is 9.59 Å². The second-order valence-electron chi connectivity index (χ2n) is 10.9. The van der Waals surface area contributed by atoms with E-state index in [-0.39, 0.29) is 29.3 Å². The number of hydrogen-bond donors (Lipinski definition) is 1. The summed E-state index contributed by atoms with van der Waals surface area (Å²) in [7, 11) is 0. The molecule has 5 unspecified atom stereocenters. The first-order valence-corrected chi connectivity index (χ1v) is 11.3. The molecule has 6 atom stereocenters. The van der Waals surface area contributed by atoms with E-state index < -0.39 is 5.41 Å². The van der Waals surface area contributed by atoms with E-state index in [4.69, 9.17) is 5.73 Å². The van der Waals surface area contributed by atoms with Crippen molar-refractivity contribution in [3.05, 3.63) is 42.2 Å². The van der Waals surface area contributed by atoms with Crippen LogP contribution in [0.4, 0.5) is 0 Å². The quantitative estimate of drug-likeness (QED) is 0.792. The molecule has 5 fully saturated rings. The topological polar surface area (TPSA) is 76.3 Å². The van der Waals surface area contributed by atoms with Crippen LogP contribution in [0.1, 0.15) is 57.6 Å². The van der Waals surface area contributed by atoms with Gasteiger partial charge in [0.25, 0.3) is 0 Å². The van der Waals surface area contributed by atoms with Crippen molar-refractivity contribution in [3.63, 3.8) is 0 Å². The number of carbonyl (C=O) groups excluding carboxylic acids is 2. The van der Waals surface area contributed by atoms with Gasteiger partial charge in [-0.1, -0.05) is 18.2 Å². The minimum Gasteiger partial charge on any atom is -0.369 e. The van der Waals surface area contributed by atoms with E-state index in [1.807, 2.05) is 12.4 Å². The summed E-state index contributed by atoms with van der Waals surface area (Å²) in [4.78, 5) is 32.3. The molecule has 1 saturated heterocycles. The number of hydrogen-bond acceptors (Lipinski definition) is 3. The summed E-state index contributed by atoms with van der Waals surface area (Å²) in [6.45, 7) is 4.16. The number of nitrogens with zero attached hydrogens (tertiary/aromatic N) is 2. The van der Waals surface area contributed by atoms with E-state index in [0.29, 0.717) is 17.8 Å². The molecule has 30 heavy (non-hydrogen) atoms. The highest BCUT2D eigenvalue weighted by molar-refractivity contribution is 5.94. The molecule has 2 aromatic rings. The zero-order valence-electron chi connectivity index (χ0n) is 17.7. The first-order chi connectivity index (χ1) is 14.3. The number of rotatable bonds is 3. The Kier molecular flexibility index (Phi) is 3.57. The van der Waals surface area contributed by atoms with Gasteiger partial charge in [-0.15, -0.1) is 0 Å². The van der Waals surface area contributed by atoms with Gasteiger partial charge in [-0.25, -0.2) is 0 Å². The van der Waals surface area contributed by atoms with E-state index >= 15 is 0 Å². The summed E-state index contributed by atoms with van der Waals surface area (Å²) >= 11 is 0. The second kappa shape index (κ2) is 5.83. The Morgan fingerprint density at radius 1 is 1.13 bits per heavy atom. The Labute approximate surface area is 177 Å². The molecule has 4 saturated carbocycles. The number of aromatic nitrogens is 1. The molecule has 5 nitrogen and oxygen atoms in total. The van der Waals surface area contributed by atoms with Crippen molar-refractivity contribution < 1.29 is 9.59 Å². The number of likely N-dealkylation sites (tertiary alicyclic amines) is 1. The Morgan fingerprint density at radius 3 is 2.57 bits per heavy atom. The Bertz CT molecular complexity index is 1060. The summed E-state index contributed by atoms with van der Waals surface area (Å²) in [5.74, 6) is 1.52. The van der Waals surface area contributed by atoms with Crippen LogP contribution in [0.5, 0.6) is 0 Å². The standard InChI is InChI=1S/C25H29N3O2/c1-24(2)21(19-5-3-4-15-13-27-7-6-18(15)19)28(23(24)30)20-16-8-14-9-17(20)12-25(10-14,11-16)22(26)29/h3-7,13-14,16-17,20-21H,8-12H2,1-2H3,(H2,26,29)/t14?,16-,17?,20?,21?,25?/m0/s1. The number of nitrogens with two attached hydrogens (primary N) is 1. The summed E-state index contributed by atoms with van der Waals surface area (Å²) in [5.41, 5.74) is 6.36. The predicted octanol–water partition coefficient (Wildman–Crippen LogP) is 3.82. The highest BCUT2D eigenvalue weighted by atomic mass is 16.2. The molecule has 156 valence electrons. The third-order valence-corrected chi connectivity index (χ3v) is 8.82. The number of amides is 2. The van der Waals surface area contributed by atoms with Gasteiger partial charge in [0.2, 0.25) is 11.8 Å². The lowest BCUT2D eigenvalue weighted by atomic mass is 9.46. The lowest BCUT2D eigenvalue weighted by Gasteiger charge is -2.66. The minimum atomic E-state index is -0.423. The fourth-order valence-electron chi connectivity index (χ4n) is 7.83. The fourth-order valence-corrected chi connectivity index (χ4v) is 7.83. The lowest BCUT2D eigenvalue weighted by Crippen LogP contribution is -2.71. The average molecular weight is 404 g/mol. The Morgan fingerprint density at radius 2 is 1.87 bits per heavy atom. The molecule has 1 aromatic heterocycles. The van der Waals surface area contributed by atoms with Crippen LogP contribution >= 0.6 is 0 Å². The van der Waals surface area contributed by atoms with Crippen molar-refractivity contribution in [3.8, 4) is 0 Å². The van der Waals surface area contributed by atoms with Crippen molar-refractivity contribution in [1.82, 2.24) is 9.88 Å². The molecule has 5 heteroatoms. The molecule has 4 aliphatic carbocycles. The van der Waals surface area contributed by atoms with E-state index in [0.717, 1.165) is 37.5 Å². The molecule has 1 aromatic carbocycles. The van der Waals surface area contributed by atoms with Crippen molar-refractivity contribution >= 4 is 22.6 Å². The Balaban J connectivity index is 1.42. The van der Waals surface area contributed by atoms with E-state index in [2.05, 4.69) is 48.0 Å². The number of primary amides is 1. The molecule has 1 aliphatic heterocycles. The van der Waals surface area contributed by atoms with Crippen LogP contribution in [0, 0.1) is 28.6 Å². The third-order valence-electron chi connectivity index (χ3n) is 8.82. The van der Waals surface area contributed by atoms with Crippen LogP contribution in [-0.4, -0.2) is 27.7 Å². The molecule has 2 amide bonds. The van der Waals surface area contributed by atoms with E-state index in [1.165, 1.54) is 10.9 Å². The largest absolute Gasteiger partial charge is 0.369 e.